The van der Waals surface area contributed by atoms with E-state index in [0.717, 1.165) is 54.1 Å². The molecule has 0 spiro atoms. The van der Waals surface area contributed by atoms with Gasteiger partial charge in [0.25, 0.3) is 8.53 Å². The van der Waals surface area contributed by atoms with Crippen molar-refractivity contribution < 1.29 is 27.8 Å². The Bertz CT molecular complexity index is 2560. The number of allylic oxidation sites excluding steroid dienone is 4. The van der Waals surface area contributed by atoms with Crippen LogP contribution in [0.25, 0.3) is 0 Å². The number of nitriles is 1. The SMILES string of the molecule is C.COc1ccc(C(OCCCN2/C(=C\C=C\C3=[N+](CCCOP(OCCC#N)N(C(C)C)C(C)C)c4ccccc4C3(C)C)C(C)(C)c3ccccc32)(c2ccccc2)c2ccc(OC)cc2)cc1. The van der Waals surface area contributed by atoms with Crippen molar-refractivity contribution in [2.24, 2.45) is 0 Å². The van der Waals surface area contributed by atoms with E-state index in [4.69, 9.17) is 23.3 Å². The summed E-state index contributed by atoms with van der Waals surface area (Å²) < 4.78 is 36.0. The van der Waals surface area contributed by atoms with Crippen molar-refractivity contribution in [2.75, 3.05) is 52.0 Å². The van der Waals surface area contributed by atoms with Gasteiger partial charge in [0.15, 0.2) is 12.3 Å². The summed E-state index contributed by atoms with van der Waals surface area (Å²) in [6.07, 6.45) is 8.85. The molecule has 0 saturated heterocycles. The van der Waals surface area contributed by atoms with Crippen LogP contribution in [0.5, 0.6) is 11.5 Å². The van der Waals surface area contributed by atoms with Gasteiger partial charge < -0.3 is 28.2 Å². The Kier molecular flexibility index (Phi) is 18.4. The van der Waals surface area contributed by atoms with E-state index in [0.29, 0.717) is 26.2 Å². The maximum Gasteiger partial charge on any atom is 0.259 e. The van der Waals surface area contributed by atoms with Crippen LogP contribution in [0.2, 0.25) is 0 Å². The van der Waals surface area contributed by atoms with Crippen LogP contribution in [0.4, 0.5) is 11.4 Å². The zero-order valence-corrected chi connectivity index (χ0v) is 43.3. The Morgan fingerprint density at radius 3 is 1.84 bits per heavy atom. The topological polar surface area (TPSA) is 79.4 Å². The van der Waals surface area contributed by atoms with Gasteiger partial charge in [0, 0.05) is 59.6 Å². The van der Waals surface area contributed by atoms with Gasteiger partial charge in [-0.1, -0.05) is 118 Å². The Morgan fingerprint density at radius 1 is 0.686 bits per heavy atom. The highest BCUT2D eigenvalue weighted by Gasteiger charge is 2.45. The van der Waals surface area contributed by atoms with Crippen LogP contribution in [0.1, 0.15) is 110 Å². The zero-order valence-electron chi connectivity index (χ0n) is 42.4. The van der Waals surface area contributed by atoms with E-state index in [-0.39, 0.29) is 30.3 Å². The highest BCUT2D eigenvalue weighted by Crippen LogP contribution is 2.49. The molecule has 0 amide bonds. The molecule has 0 aromatic heterocycles. The first kappa shape index (κ1) is 53.8. The summed E-state index contributed by atoms with van der Waals surface area (Å²) in [4.78, 5) is 2.50. The second kappa shape index (κ2) is 24.0. The second-order valence-corrected chi connectivity index (χ2v) is 20.8. The molecule has 1 atom stereocenters. The molecule has 0 saturated carbocycles. The third-order valence-electron chi connectivity index (χ3n) is 13.5. The van der Waals surface area contributed by atoms with Crippen molar-refractivity contribution in [3.8, 4) is 17.6 Å². The summed E-state index contributed by atoms with van der Waals surface area (Å²) >= 11 is 0. The summed E-state index contributed by atoms with van der Waals surface area (Å²) in [6.45, 7) is 21.0. The van der Waals surface area contributed by atoms with Crippen LogP contribution in [-0.2, 0) is 30.2 Å². The molecule has 10 heteroatoms. The van der Waals surface area contributed by atoms with Crippen molar-refractivity contribution in [2.45, 2.75) is 111 Å². The third kappa shape index (κ3) is 11.3. The molecule has 2 aliphatic heterocycles. The average Bonchev–Trinajstić information content (AvgIpc) is 3.70. The lowest BCUT2D eigenvalue weighted by molar-refractivity contribution is -0.438. The van der Waals surface area contributed by atoms with Gasteiger partial charge in [0.1, 0.15) is 17.1 Å². The number of fused-ring (bicyclic) bond motifs is 2. The van der Waals surface area contributed by atoms with Crippen molar-refractivity contribution in [3.05, 3.63) is 179 Å². The molecule has 370 valence electrons. The Balaban J connectivity index is 0.00000804. The normalized spacial score (nSPS) is 15.9. The van der Waals surface area contributed by atoms with Crippen molar-refractivity contribution in [1.82, 2.24) is 4.67 Å². The fourth-order valence-corrected chi connectivity index (χ4v) is 11.8. The average molecular weight is 964 g/mol. The number of anilines is 1. The highest BCUT2D eigenvalue weighted by molar-refractivity contribution is 7.44. The smallest absolute Gasteiger partial charge is 0.259 e. The van der Waals surface area contributed by atoms with E-state index in [1.165, 1.54) is 33.9 Å². The van der Waals surface area contributed by atoms with Crippen LogP contribution >= 0.6 is 8.53 Å². The minimum atomic E-state index is -1.30. The van der Waals surface area contributed by atoms with Gasteiger partial charge in [-0.3, -0.25) is 0 Å². The largest absolute Gasteiger partial charge is 0.497 e. The molecule has 0 N–H and O–H groups in total. The summed E-state index contributed by atoms with van der Waals surface area (Å²) in [5, 5.41) is 9.21. The summed E-state index contributed by atoms with van der Waals surface area (Å²) in [6, 6.07) is 47.3. The number of para-hydroxylation sites is 2. The molecule has 9 nitrogen and oxygen atoms in total. The molecule has 70 heavy (non-hydrogen) atoms. The lowest BCUT2D eigenvalue weighted by Crippen LogP contribution is -2.34. The van der Waals surface area contributed by atoms with Gasteiger partial charge in [-0.15, -0.1) is 0 Å². The van der Waals surface area contributed by atoms with Gasteiger partial charge >= 0.3 is 0 Å². The molecule has 0 bridgehead atoms. The molecular formula is C60H76N4O5P+. The van der Waals surface area contributed by atoms with E-state index < -0.39 is 14.1 Å². The first-order valence-electron chi connectivity index (χ1n) is 24.5. The van der Waals surface area contributed by atoms with Crippen LogP contribution in [0.15, 0.2) is 151 Å². The van der Waals surface area contributed by atoms with E-state index in [2.05, 4.69) is 191 Å². The lowest BCUT2D eigenvalue weighted by Gasteiger charge is -2.36. The Labute approximate surface area is 421 Å². The lowest BCUT2D eigenvalue weighted by atomic mass is 9.80. The molecule has 2 aliphatic rings. The second-order valence-electron chi connectivity index (χ2n) is 19.3. The van der Waals surface area contributed by atoms with Crippen LogP contribution < -0.4 is 14.4 Å². The summed E-state index contributed by atoms with van der Waals surface area (Å²) in [5.41, 5.74) is 9.35. The van der Waals surface area contributed by atoms with E-state index in [1.54, 1.807) is 14.2 Å². The first-order valence-corrected chi connectivity index (χ1v) is 25.6. The minimum Gasteiger partial charge on any atom is -0.497 e. The number of ether oxygens (including phenoxy) is 3. The third-order valence-corrected chi connectivity index (χ3v) is 15.6. The zero-order chi connectivity index (χ0) is 49.2. The van der Waals surface area contributed by atoms with Crippen LogP contribution in [0.3, 0.4) is 0 Å². The number of methoxy groups -OCH3 is 2. The Morgan fingerprint density at radius 2 is 1.24 bits per heavy atom. The maximum absolute atomic E-state index is 9.21. The van der Waals surface area contributed by atoms with Crippen molar-refractivity contribution in [1.29, 1.82) is 5.26 Å². The molecular weight excluding hydrogens is 888 g/mol. The minimum absolute atomic E-state index is 0. The van der Waals surface area contributed by atoms with Gasteiger partial charge in [-0.05, 0) is 107 Å². The van der Waals surface area contributed by atoms with E-state index >= 15 is 0 Å². The number of hydrogen-bond acceptors (Lipinski definition) is 8. The van der Waals surface area contributed by atoms with Gasteiger partial charge in [0.2, 0.25) is 5.69 Å². The molecule has 7 rings (SSSR count). The van der Waals surface area contributed by atoms with Gasteiger partial charge in [-0.25, -0.2) is 4.67 Å². The van der Waals surface area contributed by atoms with Gasteiger partial charge in [-0.2, -0.15) is 9.84 Å². The van der Waals surface area contributed by atoms with E-state index in [1.807, 2.05) is 30.3 Å². The molecule has 1 unspecified atom stereocenters. The van der Waals surface area contributed by atoms with Crippen molar-refractivity contribution in [3.63, 3.8) is 0 Å². The number of nitrogens with zero attached hydrogens (tertiary/aromatic N) is 4. The highest BCUT2D eigenvalue weighted by atomic mass is 31.2. The fourth-order valence-electron chi connectivity index (χ4n) is 10.2. The fraction of sp³-hybridized carbons (Fsp3) is 0.400. The van der Waals surface area contributed by atoms with Crippen molar-refractivity contribution >= 4 is 25.6 Å². The number of rotatable bonds is 23. The number of hydrogen-bond donors (Lipinski definition) is 0. The molecule has 5 aromatic carbocycles. The van der Waals surface area contributed by atoms with Gasteiger partial charge in [0.05, 0.1) is 51.9 Å². The summed E-state index contributed by atoms with van der Waals surface area (Å²) in [7, 11) is 2.08. The molecule has 0 radical (unpaired) electrons. The molecule has 0 fully saturated rings. The van der Waals surface area contributed by atoms with E-state index in [9.17, 15) is 5.26 Å². The predicted molar refractivity (Wildman–Crippen MR) is 289 cm³/mol. The quantitative estimate of drug-likeness (QED) is 0.0277. The molecule has 2 heterocycles. The Hall–Kier alpha value is -5.59. The monoisotopic (exact) mass is 964 g/mol. The molecule has 0 aliphatic carbocycles. The summed E-state index contributed by atoms with van der Waals surface area (Å²) in [5.74, 6) is 1.59. The predicted octanol–water partition coefficient (Wildman–Crippen LogP) is 14.0. The van der Waals surface area contributed by atoms with Crippen LogP contribution in [-0.4, -0.2) is 74.2 Å². The number of benzene rings is 5. The first-order chi connectivity index (χ1) is 33.3. The van der Waals surface area contributed by atoms with Crippen LogP contribution in [0, 0.1) is 11.3 Å². The maximum atomic E-state index is 9.21. The molecule has 5 aromatic rings. The standard InChI is InChI=1S/C59H72N4O5P.CH4/c1-44(2)63(45(3)4)69(67-42-19-38-60)68-43-21-40-62-54-27-17-15-25-52(54)58(7,8)56(62)29-18-28-55-57(5,6)51-24-14-16-26-53(51)61(55)39-20-41-66-59(46-22-12-11-13-23-46,47-30-34-49(64-9)35-31-47)48-32-36-50(65-10)37-33-48;/h11-18,22-37,44-45H,19-21,39-43H2,1-10H3;1H4/q+1;.